The lowest BCUT2D eigenvalue weighted by Crippen LogP contribution is -2.38. The number of hydrogen-bond donors (Lipinski definition) is 1. The zero-order chi connectivity index (χ0) is 12.1. The Balaban J connectivity index is 4.68. The Kier molecular flexibility index (Phi) is 5.82. The van der Waals surface area contributed by atoms with E-state index in [-0.39, 0.29) is 17.6 Å². The molecular formula is C13H28O2. The third-order valence-electron chi connectivity index (χ3n) is 4.29. The lowest BCUT2D eigenvalue weighted by molar-refractivity contribution is -0.0531. The number of aliphatic hydroxyl groups is 1. The van der Waals surface area contributed by atoms with Crippen molar-refractivity contribution < 1.29 is 9.84 Å². The molecule has 0 saturated carbocycles. The zero-order valence-electron chi connectivity index (χ0n) is 11.3. The van der Waals surface area contributed by atoms with E-state index in [1.54, 1.807) is 7.11 Å². The van der Waals surface area contributed by atoms with Gasteiger partial charge in [0.2, 0.25) is 0 Å². The summed E-state index contributed by atoms with van der Waals surface area (Å²) < 4.78 is 5.60. The largest absolute Gasteiger partial charge is 0.396 e. The Bertz CT molecular complexity index is 175. The molecule has 92 valence electrons. The monoisotopic (exact) mass is 216 g/mol. The minimum atomic E-state index is -0.0613. The molecule has 1 N–H and O–H groups in total. The van der Waals surface area contributed by atoms with Crippen LogP contribution >= 0.6 is 0 Å². The average molecular weight is 216 g/mol. The first-order chi connectivity index (χ1) is 6.87. The predicted molar refractivity (Wildman–Crippen MR) is 65.0 cm³/mol. The number of methoxy groups -OCH3 is 1. The fraction of sp³-hybridized carbons (Fsp3) is 1.00. The van der Waals surface area contributed by atoms with Crippen LogP contribution in [0.25, 0.3) is 0 Å². The molecule has 15 heavy (non-hydrogen) atoms. The second-order valence-electron chi connectivity index (χ2n) is 5.28. The van der Waals surface area contributed by atoms with Gasteiger partial charge in [-0.25, -0.2) is 0 Å². The van der Waals surface area contributed by atoms with Crippen LogP contribution in [-0.4, -0.2) is 24.4 Å². The fourth-order valence-corrected chi connectivity index (χ4v) is 2.06. The van der Waals surface area contributed by atoms with Gasteiger partial charge in [-0.2, -0.15) is 0 Å². The van der Waals surface area contributed by atoms with Crippen molar-refractivity contribution in [2.45, 2.75) is 59.5 Å². The molecule has 0 spiro atoms. The Morgan fingerprint density at radius 1 is 1.20 bits per heavy atom. The van der Waals surface area contributed by atoms with Crippen LogP contribution in [0.5, 0.6) is 0 Å². The summed E-state index contributed by atoms with van der Waals surface area (Å²) >= 11 is 0. The van der Waals surface area contributed by atoms with Crippen LogP contribution in [-0.2, 0) is 4.74 Å². The van der Waals surface area contributed by atoms with E-state index in [1.807, 2.05) is 0 Å². The van der Waals surface area contributed by atoms with Gasteiger partial charge in [-0.1, -0.05) is 34.1 Å². The van der Waals surface area contributed by atoms with Gasteiger partial charge in [0.05, 0.1) is 5.60 Å². The van der Waals surface area contributed by atoms with Crippen molar-refractivity contribution in [3.05, 3.63) is 0 Å². The third-order valence-corrected chi connectivity index (χ3v) is 4.29. The maximum Gasteiger partial charge on any atom is 0.0653 e. The summed E-state index contributed by atoms with van der Waals surface area (Å²) in [6.07, 6.45) is 3.09. The van der Waals surface area contributed by atoms with E-state index in [9.17, 15) is 5.11 Å². The second-order valence-corrected chi connectivity index (χ2v) is 5.28. The molecule has 0 radical (unpaired) electrons. The molecule has 3 unspecified atom stereocenters. The summed E-state index contributed by atoms with van der Waals surface area (Å²) in [5.41, 5.74) is 0.101. The smallest absolute Gasteiger partial charge is 0.0653 e. The van der Waals surface area contributed by atoms with Gasteiger partial charge < -0.3 is 9.84 Å². The first kappa shape index (κ1) is 14.9. The third kappa shape index (κ3) is 3.76. The van der Waals surface area contributed by atoms with Gasteiger partial charge in [-0.15, -0.1) is 0 Å². The number of ether oxygens (including phenoxy) is 1. The van der Waals surface area contributed by atoms with Crippen molar-refractivity contribution in [3.63, 3.8) is 0 Å². The molecule has 0 aliphatic rings. The standard InChI is InChI=1S/C13H28O2/c1-7-12(4,11(3)9-14)10-13(5,8-2)15-6/h11,14H,7-10H2,1-6H3. The predicted octanol–water partition coefficient (Wildman–Crippen LogP) is 3.24. The topological polar surface area (TPSA) is 29.5 Å². The van der Waals surface area contributed by atoms with E-state index in [4.69, 9.17) is 4.74 Å². The SMILES string of the molecule is CCC(C)(CC(C)(CC)C(C)CO)OC. The summed E-state index contributed by atoms with van der Waals surface area (Å²) in [5, 5.41) is 9.30. The Labute approximate surface area is 95.0 Å². The highest BCUT2D eigenvalue weighted by atomic mass is 16.5. The molecule has 0 aliphatic carbocycles. The molecule has 0 amide bonds. The van der Waals surface area contributed by atoms with E-state index in [1.165, 1.54) is 0 Å². The molecule has 0 aromatic carbocycles. The van der Waals surface area contributed by atoms with Crippen LogP contribution in [0, 0.1) is 11.3 Å². The molecule has 0 aromatic rings. The maximum atomic E-state index is 9.30. The van der Waals surface area contributed by atoms with Gasteiger partial charge >= 0.3 is 0 Å². The van der Waals surface area contributed by atoms with Crippen molar-refractivity contribution >= 4 is 0 Å². The Morgan fingerprint density at radius 2 is 1.73 bits per heavy atom. The van der Waals surface area contributed by atoms with Crippen molar-refractivity contribution in [1.29, 1.82) is 0 Å². The number of aliphatic hydroxyl groups excluding tert-OH is 1. The van der Waals surface area contributed by atoms with Crippen molar-refractivity contribution in [2.75, 3.05) is 13.7 Å². The molecule has 0 rings (SSSR count). The quantitative estimate of drug-likeness (QED) is 0.708. The van der Waals surface area contributed by atoms with E-state index in [2.05, 4.69) is 34.6 Å². The van der Waals surface area contributed by atoms with Crippen LogP contribution in [0.4, 0.5) is 0 Å². The van der Waals surface area contributed by atoms with Gasteiger partial charge in [0.15, 0.2) is 0 Å². The second kappa shape index (κ2) is 5.86. The molecular weight excluding hydrogens is 188 g/mol. The van der Waals surface area contributed by atoms with Gasteiger partial charge in [0, 0.05) is 13.7 Å². The highest BCUT2D eigenvalue weighted by Gasteiger charge is 2.36. The van der Waals surface area contributed by atoms with Crippen molar-refractivity contribution in [2.24, 2.45) is 11.3 Å². The minimum Gasteiger partial charge on any atom is -0.396 e. The van der Waals surface area contributed by atoms with Crippen molar-refractivity contribution in [3.8, 4) is 0 Å². The maximum absolute atomic E-state index is 9.30. The van der Waals surface area contributed by atoms with Crippen LogP contribution in [0.15, 0.2) is 0 Å². The molecule has 2 nitrogen and oxygen atoms in total. The van der Waals surface area contributed by atoms with E-state index in [0.717, 1.165) is 19.3 Å². The van der Waals surface area contributed by atoms with Crippen LogP contribution in [0.3, 0.4) is 0 Å². The summed E-state index contributed by atoms with van der Waals surface area (Å²) in [6, 6.07) is 0. The Morgan fingerprint density at radius 3 is 2.00 bits per heavy atom. The highest BCUT2D eigenvalue weighted by Crippen LogP contribution is 2.40. The summed E-state index contributed by atoms with van der Waals surface area (Å²) in [7, 11) is 1.78. The lowest BCUT2D eigenvalue weighted by Gasteiger charge is -2.41. The first-order valence-electron chi connectivity index (χ1n) is 6.03. The molecule has 0 heterocycles. The average Bonchev–Trinajstić information content (AvgIpc) is 2.27. The number of rotatable bonds is 7. The first-order valence-corrected chi connectivity index (χ1v) is 6.03. The lowest BCUT2D eigenvalue weighted by atomic mass is 9.69. The molecule has 0 fully saturated rings. The van der Waals surface area contributed by atoms with Gasteiger partial charge in [-0.3, -0.25) is 0 Å². The minimum absolute atomic E-state index is 0.0613. The molecule has 2 heteroatoms. The van der Waals surface area contributed by atoms with E-state index in [0.29, 0.717) is 5.92 Å². The van der Waals surface area contributed by atoms with Crippen LogP contribution < -0.4 is 0 Å². The van der Waals surface area contributed by atoms with E-state index >= 15 is 0 Å². The van der Waals surface area contributed by atoms with Gasteiger partial charge in [-0.05, 0) is 31.1 Å². The Hall–Kier alpha value is -0.0800. The van der Waals surface area contributed by atoms with Crippen LogP contribution in [0.1, 0.15) is 53.9 Å². The normalized spacial score (nSPS) is 21.8. The molecule has 0 aliphatic heterocycles. The molecule has 0 aromatic heterocycles. The zero-order valence-corrected chi connectivity index (χ0v) is 11.3. The van der Waals surface area contributed by atoms with Gasteiger partial charge in [0.25, 0.3) is 0 Å². The van der Waals surface area contributed by atoms with Crippen LogP contribution in [0.2, 0.25) is 0 Å². The summed E-state index contributed by atoms with van der Waals surface area (Å²) in [6.45, 7) is 11.1. The number of hydrogen-bond acceptors (Lipinski definition) is 2. The highest BCUT2D eigenvalue weighted by molar-refractivity contribution is 4.87. The van der Waals surface area contributed by atoms with Crippen molar-refractivity contribution in [1.82, 2.24) is 0 Å². The van der Waals surface area contributed by atoms with Gasteiger partial charge in [0.1, 0.15) is 0 Å². The summed E-state index contributed by atoms with van der Waals surface area (Å²) in [4.78, 5) is 0. The molecule has 0 saturated heterocycles. The fourth-order valence-electron chi connectivity index (χ4n) is 2.06. The summed E-state index contributed by atoms with van der Waals surface area (Å²) in [5.74, 6) is 0.323. The molecule has 3 atom stereocenters. The molecule has 0 bridgehead atoms. The van der Waals surface area contributed by atoms with E-state index < -0.39 is 0 Å².